The molecule has 1 amide bonds. The van der Waals surface area contributed by atoms with Crippen LogP contribution >= 0.6 is 0 Å². The standard InChI is InChI=1S/C20H17N5O3/c1-2-11-25-23-20(22-24-25)21-18(26)14-9-7-13(8-10-14)16-12-15-5-3-4-6-17(15)28-19(16)27/h3-10,12H,2,11H2,1H3,(H,21,23,26). The van der Waals surface area contributed by atoms with Crippen LogP contribution < -0.4 is 10.9 Å². The molecule has 4 aromatic rings. The molecule has 0 saturated heterocycles. The molecule has 2 heterocycles. The molecule has 0 aliphatic heterocycles. The molecule has 0 saturated carbocycles. The summed E-state index contributed by atoms with van der Waals surface area (Å²) in [5, 5.41) is 15.2. The normalized spacial score (nSPS) is 10.9. The van der Waals surface area contributed by atoms with E-state index in [2.05, 4.69) is 20.7 Å². The number of nitrogens with zero attached hydrogens (tertiary/aromatic N) is 4. The highest BCUT2D eigenvalue weighted by Gasteiger charge is 2.12. The van der Waals surface area contributed by atoms with Crippen molar-refractivity contribution in [1.82, 2.24) is 20.2 Å². The Bertz CT molecular complexity index is 1190. The zero-order valence-corrected chi connectivity index (χ0v) is 15.1. The van der Waals surface area contributed by atoms with Crippen molar-refractivity contribution in [3.8, 4) is 11.1 Å². The molecule has 8 heteroatoms. The zero-order valence-electron chi connectivity index (χ0n) is 15.1. The number of benzene rings is 2. The van der Waals surface area contributed by atoms with Crippen LogP contribution in [0.15, 0.2) is 63.8 Å². The topological polar surface area (TPSA) is 103 Å². The maximum atomic E-state index is 12.4. The molecule has 0 atom stereocenters. The molecular formula is C20H17N5O3. The Kier molecular flexibility index (Phi) is 4.67. The highest BCUT2D eigenvalue weighted by Crippen LogP contribution is 2.21. The van der Waals surface area contributed by atoms with Crippen molar-refractivity contribution in [3.63, 3.8) is 0 Å². The van der Waals surface area contributed by atoms with E-state index >= 15 is 0 Å². The molecule has 28 heavy (non-hydrogen) atoms. The first kappa shape index (κ1) is 17.6. The fourth-order valence-electron chi connectivity index (χ4n) is 2.83. The van der Waals surface area contributed by atoms with Crippen molar-refractivity contribution in [2.24, 2.45) is 0 Å². The van der Waals surface area contributed by atoms with Crippen LogP contribution in [0.5, 0.6) is 0 Å². The summed E-state index contributed by atoms with van der Waals surface area (Å²) >= 11 is 0. The second-order valence-corrected chi connectivity index (χ2v) is 6.23. The highest BCUT2D eigenvalue weighted by atomic mass is 16.4. The monoisotopic (exact) mass is 375 g/mol. The molecule has 0 bridgehead atoms. The third kappa shape index (κ3) is 3.52. The molecule has 8 nitrogen and oxygen atoms in total. The quantitative estimate of drug-likeness (QED) is 0.538. The number of aromatic nitrogens is 4. The minimum atomic E-state index is -0.423. The molecule has 2 aromatic heterocycles. The number of tetrazole rings is 1. The fraction of sp³-hybridized carbons (Fsp3) is 0.150. The van der Waals surface area contributed by atoms with Crippen LogP contribution in [0.25, 0.3) is 22.1 Å². The van der Waals surface area contributed by atoms with Gasteiger partial charge in [-0.2, -0.15) is 4.80 Å². The van der Waals surface area contributed by atoms with Crippen LogP contribution in [-0.4, -0.2) is 26.1 Å². The number of rotatable bonds is 5. The minimum Gasteiger partial charge on any atom is -0.422 e. The summed E-state index contributed by atoms with van der Waals surface area (Å²) in [5.74, 6) is -0.203. The Hall–Kier alpha value is -3.81. The molecule has 0 radical (unpaired) electrons. The fourth-order valence-corrected chi connectivity index (χ4v) is 2.83. The molecular weight excluding hydrogens is 358 g/mol. The Morgan fingerprint density at radius 3 is 2.71 bits per heavy atom. The van der Waals surface area contributed by atoms with Crippen LogP contribution in [-0.2, 0) is 6.54 Å². The smallest absolute Gasteiger partial charge is 0.344 e. The summed E-state index contributed by atoms with van der Waals surface area (Å²) < 4.78 is 5.37. The third-order valence-electron chi connectivity index (χ3n) is 4.20. The van der Waals surface area contributed by atoms with E-state index in [4.69, 9.17) is 4.42 Å². The highest BCUT2D eigenvalue weighted by molar-refractivity contribution is 6.03. The van der Waals surface area contributed by atoms with Crippen LogP contribution in [0.1, 0.15) is 23.7 Å². The molecule has 0 fully saturated rings. The molecule has 0 unspecified atom stereocenters. The van der Waals surface area contributed by atoms with Crippen molar-refractivity contribution in [2.75, 3.05) is 5.32 Å². The molecule has 4 rings (SSSR count). The van der Waals surface area contributed by atoms with Gasteiger partial charge in [0.25, 0.3) is 11.9 Å². The van der Waals surface area contributed by atoms with E-state index in [-0.39, 0.29) is 11.9 Å². The summed E-state index contributed by atoms with van der Waals surface area (Å²) in [6.45, 7) is 2.63. The van der Waals surface area contributed by atoms with Gasteiger partial charge < -0.3 is 4.42 Å². The number of hydrogen-bond acceptors (Lipinski definition) is 6. The molecule has 0 aliphatic rings. The maximum Gasteiger partial charge on any atom is 0.344 e. The zero-order chi connectivity index (χ0) is 19.5. The second-order valence-electron chi connectivity index (χ2n) is 6.23. The average molecular weight is 375 g/mol. The molecule has 1 N–H and O–H groups in total. The molecule has 2 aromatic carbocycles. The number of amides is 1. The summed E-state index contributed by atoms with van der Waals surface area (Å²) in [4.78, 5) is 26.1. The van der Waals surface area contributed by atoms with E-state index in [1.165, 1.54) is 4.80 Å². The first-order valence-corrected chi connectivity index (χ1v) is 8.86. The van der Waals surface area contributed by atoms with Gasteiger partial charge >= 0.3 is 5.63 Å². The third-order valence-corrected chi connectivity index (χ3v) is 4.20. The lowest BCUT2D eigenvalue weighted by molar-refractivity contribution is 0.102. The number of hydrogen-bond donors (Lipinski definition) is 1. The molecule has 0 aliphatic carbocycles. The average Bonchev–Trinajstić information content (AvgIpc) is 3.15. The van der Waals surface area contributed by atoms with Crippen molar-refractivity contribution in [3.05, 3.63) is 70.6 Å². The number of para-hydroxylation sites is 1. The van der Waals surface area contributed by atoms with Gasteiger partial charge in [-0.25, -0.2) is 4.79 Å². The number of aryl methyl sites for hydroxylation is 1. The number of nitrogens with one attached hydrogen (secondary N) is 1. The number of carbonyl (C=O) groups is 1. The summed E-state index contributed by atoms with van der Waals surface area (Å²) in [6.07, 6.45) is 0.869. The summed E-state index contributed by atoms with van der Waals surface area (Å²) in [5.41, 5.74) is 1.64. The van der Waals surface area contributed by atoms with Gasteiger partial charge in [-0.15, -0.1) is 5.10 Å². The van der Waals surface area contributed by atoms with Gasteiger partial charge in [-0.1, -0.05) is 42.4 Å². The minimum absolute atomic E-state index is 0.151. The predicted molar refractivity (Wildman–Crippen MR) is 104 cm³/mol. The Morgan fingerprint density at radius 2 is 1.93 bits per heavy atom. The van der Waals surface area contributed by atoms with Gasteiger partial charge in [0.2, 0.25) is 0 Å². The summed E-state index contributed by atoms with van der Waals surface area (Å²) in [6, 6.07) is 15.8. The molecule has 0 spiro atoms. The van der Waals surface area contributed by atoms with Crippen LogP contribution in [0, 0.1) is 0 Å². The largest absolute Gasteiger partial charge is 0.422 e. The van der Waals surface area contributed by atoms with E-state index in [1.54, 1.807) is 36.4 Å². The Balaban J connectivity index is 1.55. The SMILES string of the molecule is CCCn1nnc(NC(=O)c2ccc(-c3cc4ccccc4oc3=O)cc2)n1. The lowest BCUT2D eigenvalue weighted by Crippen LogP contribution is -2.13. The van der Waals surface area contributed by atoms with Crippen molar-refractivity contribution >= 4 is 22.8 Å². The Morgan fingerprint density at radius 1 is 1.14 bits per heavy atom. The Labute approximate surface area is 159 Å². The lowest BCUT2D eigenvalue weighted by atomic mass is 10.0. The van der Waals surface area contributed by atoms with Gasteiger partial charge in [0.1, 0.15) is 5.58 Å². The van der Waals surface area contributed by atoms with Gasteiger partial charge in [0.05, 0.1) is 12.1 Å². The predicted octanol–water partition coefficient (Wildman–Crippen LogP) is 3.11. The van der Waals surface area contributed by atoms with Gasteiger partial charge in [0, 0.05) is 10.9 Å². The molecule has 140 valence electrons. The van der Waals surface area contributed by atoms with Crippen LogP contribution in [0.2, 0.25) is 0 Å². The number of anilines is 1. The van der Waals surface area contributed by atoms with Gasteiger partial charge in [-0.3, -0.25) is 10.1 Å². The van der Waals surface area contributed by atoms with E-state index < -0.39 is 5.63 Å². The van der Waals surface area contributed by atoms with Crippen LogP contribution in [0.4, 0.5) is 5.95 Å². The van der Waals surface area contributed by atoms with Gasteiger partial charge in [0.15, 0.2) is 0 Å². The van der Waals surface area contributed by atoms with E-state index in [9.17, 15) is 9.59 Å². The van der Waals surface area contributed by atoms with E-state index in [0.29, 0.717) is 28.8 Å². The van der Waals surface area contributed by atoms with E-state index in [0.717, 1.165) is 11.8 Å². The second kappa shape index (κ2) is 7.43. The first-order chi connectivity index (χ1) is 13.6. The van der Waals surface area contributed by atoms with Crippen molar-refractivity contribution < 1.29 is 9.21 Å². The van der Waals surface area contributed by atoms with Crippen molar-refractivity contribution in [2.45, 2.75) is 19.9 Å². The first-order valence-electron chi connectivity index (χ1n) is 8.86. The summed E-state index contributed by atoms with van der Waals surface area (Å²) in [7, 11) is 0. The maximum absolute atomic E-state index is 12.4. The van der Waals surface area contributed by atoms with Gasteiger partial charge in [-0.05, 0) is 41.5 Å². The van der Waals surface area contributed by atoms with Crippen molar-refractivity contribution in [1.29, 1.82) is 0 Å². The van der Waals surface area contributed by atoms with E-state index in [1.807, 2.05) is 25.1 Å². The lowest BCUT2D eigenvalue weighted by Gasteiger charge is -2.04. The van der Waals surface area contributed by atoms with Crippen LogP contribution in [0.3, 0.4) is 0 Å². The number of fused-ring (bicyclic) bond motifs is 1. The number of carbonyl (C=O) groups excluding carboxylic acids is 1.